The first-order valence-corrected chi connectivity index (χ1v) is 6.16. The minimum atomic E-state index is -0.712. The molecule has 2 aromatic heterocycles. The average Bonchev–Trinajstić information content (AvgIpc) is 2.49. The maximum Gasteiger partial charge on any atom is 0.349 e. The topological polar surface area (TPSA) is 92.2 Å². The number of fused-ring (bicyclic) bond motifs is 1. The van der Waals surface area contributed by atoms with E-state index >= 15 is 0 Å². The highest BCUT2D eigenvalue weighted by Crippen LogP contribution is 2.13. The van der Waals surface area contributed by atoms with Gasteiger partial charge in [0.05, 0.1) is 5.69 Å². The third-order valence-electron chi connectivity index (χ3n) is 2.93. The van der Waals surface area contributed by atoms with Crippen LogP contribution in [0.25, 0.3) is 11.0 Å². The van der Waals surface area contributed by atoms with E-state index in [2.05, 4.69) is 10.3 Å². The van der Waals surface area contributed by atoms with Crippen molar-refractivity contribution >= 4 is 22.6 Å². The summed E-state index contributed by atoms with van der Waals surface area (Å²) in [7, 11) is 0. The van der Waals surface area contributed by atoms with Gasteiger partial charge in [0.15, 0.2) is 0 Å². The summed E-state index contributed by atoms with van der Waals surface area (Å²) < 4.78 is 5.10. The predicted molar refractivity (Wildman–Crippen MR) is 77.5 cm³/mol. The number of pyridine rings is 1. The highest BCUT2D eigenvalue weighted by molar-refractivity contribution is 6.05. The minimum Gasteiger partial charge on any atom is -0.422 e. The molecule has 2 N–H and O–H groups in total. The number of amides is 1. The quantitative estimate of drug-likeness (QED) is 0.700. The van der Waals surface area contributed by atoms with Gasteiger partial charge in [-0.3, -0.25) is 9.59 Å². The van der Waals surface area contributed by atoms with Crippen LogP contribution in [-0.2, 0) is 0 Å². The molecule has 3 rings (SSSR count). The molecule has 1 aromatic carbocycles. The van der Waals surface area contributed by atoms with E-state index in [4.69, 9.17) is 4.42 Å². The van der Waals surface area contributed by atoms with E-state index in [-0.39, 0.29) is 11.1 Å². The highest BCUT2D eigenvalue weighted by Gasteiger charge is 2.13. The smallest absolute Gasteiger partial charge is 0.349 e. The summed E-state index contributed by atoms with van der Waals surface area (Å²) in [6, 6.07) is 11.1. The van der Waals surface area contributed by atoms with Crippen molar-refractivity contribution in [3.05, 3.63) is 75.0 Å². The van der Waals surface area contributed by atoms with E-state index in [0.29, 0.717) is 16.7 Å². The summed E-state index contributed by atoms with van der Waals surface area (Å²) in [6.45, 7) is 0. The standard InChI is InChI=1S/C15H10N2O4/c18-13-6-5-10(8-16-13)17-14(19)11-7-9-3-1-2-4-12(9)21-15(11)20/h1-8H,(H,16,18)(H,17,19). The van der Waals surface area contributed by atoms with Gasteiger partial charge in [-0.15, -0.1) is 0 Å². The Balaban J connectivity index is 1.97. The second-order valence-corrected chi connectivity index (χ2v) is 4.38. The van der Waals surface area contributed by atoms with Crippen LogP contribution < -0.4 is 16.5 Å². The van der Waals surface area contributed by atoms with Gasteiger partial charge in [0, 0.05) is 17.6 Å². The Labute approximate surface area is 118 Å². The van der Waals surface area contributed by atoms with Crippen LogP contribution in [0.1, 0.15) is 10.4 Å². The molecule has 0 saturated carbocycles. The fourth-order valence-electron chi connectivity index (χ4n) is 1.91. The number of aromatic nitrogens is 1. The maximum absolute atomic E-state index is 12.1. The molecule has 2 heterocycles. The van der Waals surface area contributed by atoms with Gasteiger partial charge in [-0.25, -0.2) is 4.79 Å². The van der Waals surface area contributed by atoms with Crippen molar-refractivity contribution in [3.63, 3.8) is 0 Å². The number of rotatable bonds is 2. The van der Waals surface area contributed by atoms with Gasteiger partial charge >= 0.3 is 5.63 Å². The van der Waals surface area contributed by atoms with E-state index < -0.39 is 11.5 Å². The fourth-order valence-corrected chi connectivity index (χ4v) is 1.91. The summed E-state index contributed by atoms with van der Waals surface area (Å²) in [5.74, 6) is -0.596. The Morgan fingerprint density at radius 3 is 2.67 bits per heavy atom. The first-order valence-electron chi connectivity index (χ1n) is 6.16. The number of hydrogen-bond acceptors (Lipinski definition) is 4. The summed E-state index contributed by atoms with van der Waals surface area (Å²) in [5.41, 5.74) is -0.288. The van der Waals surface area contributed by atoms with Gasteiger partial charge in [0.2, 0.25) is 5.56 Å². The van der Waals surface area contributed by atoms with Crippen molar-refractivity contribution < 1.29 is 9.21 Å². The Kier molecular flexibility index (Phi) is 3.12. The van der Waals surface area contributed by atoms with Crippen molar-refractivity contribution in [1.29, 1.82) is 0 Å². The third-order valence-corrected chi connectivity index (χ3v) is 2.93. The normalized spacial score (nSPS) is 10.5. The van der Waals surface area contributed by atoms with Crippen LogP contribution in [0, 0.1) is 0 Å². The van der Waals surface area contributed by atoms with Crippen molar-refractivity contribution in [2.24, 2.45) is 0 Å². The van der Waals surface area contributed by atoms with E-state index in [0.717, 1.165) is 0 Å². The molecule has 0 aliphatic rings. The average molecular weight is 282 g/mol. The number of aromatic amines is 1. The van der Waals surface area contributed by atoms with Gasteiger partial charge in [0.1, 0.15) is 11.1 Å². The predicted octanol–water partition coefficient (Wildman–Crippen LogP) is 1.73. The molecule has 6 heteroatoms. The molecule has 0 aliphatic carbocycles. The van der Waals surface area contributed by atoms with Gasteiger partial charge < -0.3 is 14.7 Å². The molecule has 0 bridgehead atoms. The van der Waals surface area contributed by atoms with Crippen molar-refractivity contribution in [2.75, 3.05) is 5.32 Å². The zero-order valence-corrected chi connectivity index (χ0v) is 10.8. The number of anilines is 1. The largest absolute Gasteiger partial charge is 0.422 e. The van der Waals surface area contributed by atoms with E-state index in [1.165, 1.54) is 24.4 Å². The van der Waals surface area contributed by atoms with Crippen LogP contribution in [0.2, 0.25) is 0 Å². The second kappa shape index (κ2) is 5.09. The first-order chi connectivity index (χ1) is 10.1. The lowest BCUT2D eigenvalue weighted by Gasteiger charge is -2.04. The number of benzene rings is 1. The highest BCUT2D eigenvalue weighted by atomic mass is 16.4. The van der Waals surface area contributed by atoms with Crippen LogP contribution in [0.3, 0.4) is 0 Å². The molecular formula is C15H10N2O4. The zero-order chi connectivity index (χ0) is 14.8. The van der Waals surface area contributed by atoms with Gasteiger partial charge in [0.25, 0.3) is 5.91 Å². The lowest BCUT2D eigenvalue weighted by atomic mass is 10.2. The van der Waals surface area contributed by atoms with Crippen LogP contribution in [0.15, 0.2) is 62.7 Å². The van der Waals surface area contributed by atoms with Crippen LogP contribution >= 0.6 is 0 Å². The van der Waals surface area contributed by atoms with Crippen LogP contribution in [0.5, 0.6) is 0 Å². The number of H-pyrrole nitrogens is 1. The van der Waals surface area contributed by atoms with Gasteiger partial charge in [-0.2, -0.15) is 0 Å². The van der Waals surface area contributed by atoms with E-state index in [9.17, 15) is 14.4 Å². The van der Waals surface area contributed by atoms with Crippen molar-refractivity contribution in [3.8, 4) is 0 Å². The van der Waals surface area contributed by atoms with Gasteiger partial charge in [-0.1, -0.05) is 18.2 Å². The zero-order valence-electron chi connectivity index (χ0n) is 10.8. The summed E-state index contributed by atoms with van der Waals surface area (Å²) in [5, 5.41) is 3.18. The number of para-hydroxylation sites is 1. The second-order valence-electron chi connectivity index (χ2n) is 4.38. The Bertz CT molecular complexity index is 920. The number of carbonyl (C=O) groups excluding carboxylic acids is 1. The Hall–Kier alpha value is -3.15. The summed E-state index contributed by atoms with van der Waals surface area (Å²) >= 11 is 0. The molecule has 0 radical (unpaired) electrons. The molecule has 0 fully saturated rings. The molecule has 21 heavy (non-hydrogen) atoms. The number of nitrogens with one attached hydrogen (secondary N) is 2. The summed E-state index contributed by atoms with van der Waals surface area (Å²) in [4.78, 5) is 37.3. The van der Waals surface area contributed by atoms with Crippen LogP contribution in [-0.4, -0.2) is 10.9 Å². The molecule has 6 nitrogen and oxygen atoms in total. The number of hydrogen-bond donors (Lipinski definition) is 2. The third kappa shape index (κ3) is 2.59. The molecule has 1 amide bonds. The van der Waals surface area contributed by atoms with Gasteiger partial charge in [-0.05, 0) is 18.2 Å². The lowest BCUT2D eigenvalue weighted by molar-refractivity contribution is 0.102. The molecule has 0 unspecified atom stereocenters. The first kappa shape index (κ1) is 12.9. The monoisotopic (exact) mass is 282 g/mol. The molecule has 0 spiro atoms. The van der Waals surface area contributed by atoms with E-state index in [1.54, 1.807) is 24.3 Å². The molecule has 0 atom stereocenters. The molecular weight excluding hydrogens is 272 g/mol. The van der Waals surface area contributed by atoms with Crippen molar-refractivity contribution in [2.45, 2.75) is 0 Å². The Morgan fingerprint density at radius 1 is 1.10 bits per heavy atom. The fraction of sp³-hybridized carbons (Fsp3) is 0. The molecule has 104 valence electrons. The maximum atomic E-state index is 12.1. The van der Waals surface area contributed by atoms with E-state index in [1.807, 2.05) is 0 Å². The summed E-state index contributed by atoms with van der Waals surface area (Å²) in [6.07, 6.45) is 1.35. The molecule has 0 saturated heterocycles. The molecule has 3 aromatic rings. The van der Waals surface area contributed by atoms with Crippen LogP contribution in [0.4, 0.5) is 5.69 Å². The molecule has 0 aliphatic heterocycles. The Morgan fingerprint density at radius 2 is 1.90 bits per heavy atom. The van der Waals surface area contributed by atoms with Crippen molar-refractivity contribution in [1.82, 2.24) is 4.98 Å². The minimum absolute atomic E-state index is 0.0973. The lowest BCUT2D eigenvalue weighted by Crippen LogP contribution is -2.21. The number of carbonyl (C=O) groups is 1. The SMILES string of the molecule is O=C(Nc1ccc(=O)[nH]c1)c1cc2ccccc2oc1=O.